The Labute approximate surface area is 201 Å². The van der Waals surface area contributed by atoms with Gasteiger partial charge < -0.3 is 20.0 Å². The molecular formula is C20H27F6N3O5S. The first-order chi connectivity index (χ1) is 15.9. The van der Waals surface area contributed by atoms with Gasteiger partial charge in [0.15, 0.2) is 0 Å². The largest absolute Gasteiger partial charge is 0.490 e. The predicted octanol–water partition coefficient (Wildman–Crippen LogP) is 2.77. The fourth-order valence-electron chi connectivity index (χ4n) is 3.47. The lowest BCUT2D eigenvalue weighted by atomic mass is 10.0. The van der Waals surface area contributed by atoms with Crippen molar-refractivity contribution in [3.63, 3.8) is 0 Å². The zero-order valence-electron chi connectivity index (χ0n) is 19.2. The summed E-state index contributed by atoms with van der Waals surface area (Å²) in [5, 5.41) is 14.2. The van der Waals surface area contributed by atoms with Crippen molar-refractivity contribution < 1.29 is 50.9 Å². The van der Waals surface area contributed by atoms with Gasteiger partial charge in [0.25, 0.3) is 0 Å². The molecular weight excluding hydrogens is 508 g/mol. The van der Waals surface area contributed by atoms with Crippen LogP contribution in [0.4, 0.5) is 26.3 Å². The highest BCUT2D eigenvalue weighted by Crippen LogP contribution is 2.33. The average molecular weight is 536 g/mol. The second-order valence-corrected chi connectivity index (χ2v) is 9.64. The topological polar surface area (TPSA) is 101 Å². The molecule has 0 spiro atoms. The lowest BCUT2D eigenvalue weighted by Gasteiger charge is -2.22. The van der Waals surface area contributed by atoms with Gasteiger partial charge in [-0.25, -0.2) is 9.59 Å². The molecule has 0 aliphatic carbocycles. The molecule has 8 nitrogen and oxygen atoms in total. The summed E-state index contributed by atoms with van der Waals surface area (Å²) in [6.07, 6.45) is -10.2. The fourth-order valence-corrected chi connectivity index (χ4v) is 4.41. The van der Waals surface area contributed by atoms with Crippen molar-refractivity contribution >= 4 is 29.2 Å². The van der Waals surface area contributed by atoms with Gasteiger partial charge in [-0.3, -0.25) is 9.69 Å². The van der Waals surface area contributed by atoms with Crippen molar-refractivity contribution in [3.8, 4) is 0 Å². The standard InChI is InChI=1S/C16H25N3OS.2C2HF3O2/c1-12-4-5-14(21-12)10-18-8-13-9-19(7-6-17(2)3)16(20)15(13)11-18;2*3-2(4,5)1(6)7/h4-5,13,15H,6-11H2,1-3H3;2*(H,6,7)/t13-,15-;;/m0../s1. The third-order valence-electron chi connectivity index (χ3n) is 5.08. The van der Waals surface area contributed by atoms with E-state index in [0.29, 0.717) is 11.8 Å². The highest BCUT2D eigenvalue weighted by molar-refractivity contribution is 7.11. The maximum atomic E-state index is 12.5. The SMILES string of the molecule is Cc1ccc(CN2C[C@H]3CN(CCN(C)C)C(=O)[C@H]3C2)s1.O=C(O)C(F)(F)F.O=C(O)C(F)(F)F. The number of aliphatic carboxylic acids is 2. The van der Waals surface area contributed by atoms with Crippen LogP contribution in [0.2, 0.25) is 0 Å². The first-order valence-electron chi connectivity index (χ1n) is 10.2. The van der Waals surface area contributed by atoms with Crippen LogP contribution < -0.4 is 0 Å². The van der Waals surface area contributed by atoms with Gasteiger partial charge in [0, 0.05) is 54.9 Å². The number of amides is 1. The number of aryl methyl sites for hydroxylation is 1. The van der Waals surface area contributed by atoms with Crippen LogP contribution in [0.1, 0.15) is 9.75 Å². The Morgan fingerprint density at radius 2 is 1.54 bits per heavy atom. The number of carboxylic acids is 2. The molecule has 2 aliphatic rings. The fraction of sp³-hybridized carbons (Fsp3) is 0.650. The van der Waals surface area contributed by atoms with E-state index in [1.54, 1.807) is 0 Å². The molecule has 2 aliphatic heterocycles. The summed E-state index contributed by atoms with van der Waals surface area (Å²) >= 11 is 1.87. The molecule has 15 heteroatoms. The number of alkyl halides is 6. The zero-order valence-corrected chi connectivity index (χ0v) is 20.0. The zero-order chi connectivity index (χ0) is 27.1. The quantitative estimate of drug-likeness (QED) is 0.560. The predicted molar refractivity (Wildman–Crippen MR) is 114 cm³/mol. The Morgan fingerprint density at radius 3 is 1.91 bits per heavy atom. The van der Waals surface area contributed by atoms with Crippen LogP contribution in [-0.2, 0) is 20.9 Å². The molecule has 1 aromatic rings. The molecule has 3 rings (SSSR count). The smallest absolute Gasteiger partial charge is 0.475 e. The molecule has 1 amide bonds. The van der Waals surface area contributed by atoms with E-state index in [9.17, 15) is 31.1 Å². The highest BCUT2D eigenvalue weighted by atomic mass is 32.1. The molecule has 3 heterocycles. The van der Waals surface area contributed by atoms with E-state index in [1.165, 1.54) is 9.75 Å². The molecule has 2 atom stereocenters. The van der Waals surface area contributed by atoms with Gasteiger partial charge in [-0.2, -0.15) is 26.3 Å². The number of hydrogen-bond acceptors (Lipinski definition) is 6. The number of carbonyl (C=O) groups excluding carboxylic acids is 1. The number of rotatable bonds is 5. The van der Waals surface area contributed by atoms with E-state index in [1.807, 2.05) is 11.3 Å². The van der Waals surface area contributed by atoms with E-state index in [2.05, 4.69) is 47.9 Å². The number of carboxylic acid groups (broad SMARTS) is 2. The summed E-state index contributed by atoms with van der Waals surface area (Å²) in [7, 11) is 4.12. The third kappa shape index (κ3) is 10.4. The summed E-state index contributed by atoms with van der Waals surface area (Å²) in [4.78, 5) is 39.7. The molecule has 0 saturated carbocycles. The first-order valence-corrected chi connectivity index (χ1v) is 11.0. The van der Waals surface area contributed by atoms with Crippen LogP contribution in [0.5, 0.6) is 0 Å². The van der Waals surface area contributed by atoms with Gasteiger partial charge in [-0.15, -0.1) is 11.3 Å². The Kier molecular flexibility index (Phi) is 11.0. The van der Waals surface area contributed by atoms with Crippen LogP contribution >= 0.6 is 11.3 Å². The average Bonchev–Trinajstić information content (AvgIpc) is 3.36. The third-order valence-corrected chi connectivity index (χ3v) is 6.06. The van der Waals surface area contributed by atoms with Gasteiger partial charge >= 0.3 is 24.3 Å². The van der Waals surface area contributed by atoms with Crippen LogP contribution in [-0.4, -0.2) is 102 Å². The normalized spacial score (nSPS) is 20.2. The van der Waals surface area contributed by atoms with Crippen molar-refractivity contribution in [1.29, 1.82) is 0 Å². The van der Waals surface area contributed by atoms with Crippen molar-refractivity contribution in [2.75, 3.05) is 46.8 Å². The van der Waals surface area contributed by atoms with Crippen LogP contribution in [0.3, 0.4) is 0 Å². The summed E-state index contributed by atoms with van der Waals surface area (Å²) < 4.78 is 63.5. The molecule has 0 radical (unpaired) electrons. The molecule has 35 heavy (non-hydrogen) atoms. The molecule has 1 aromatic heterocycles. The van der Waals surface area contributed by atoms with E-state index >= 15 is 0 Å². The number of nitrogens with zero attached hydrogens (tertiary/aromatic N) is 3. The monoisotopic (exact) mass is 535 g/mol. The number of carbonyl (C=O) groups is 3. The molecule has 2 fully saturated rings. The van der Waals surface area contributed by atoms with Gasteiger partial charge in [-0.1, -0.05) is 0 Å². The number of halogens is 6. The molecule has 2 saturated heterocycles. The minimum Gasteiger partial charge on any atom is -0.475 e. The molecule has 200 valence electrons. The van der Waals surface area contributed by atoms with E-state index in [0.717, 1.165) is 39.3 Å². The van der Waals surface area contributed by atoms with E-state index in [-0.39, 0.29) is 5.92 Å². The maximum absolute atomic E-state index is 12.5. The second-order valence-electron chi connectivity index (χ2n) is 8.27. The lowest BCUT2D eigenvalue weighted by Crippen LogP contribution is -2.36. The minimum absolute atomic E-state index is 0.244. The molecule has 0 aromatic carbocycles. The van der Waals surface area contributed by atoms with Crippen LogP contribution in [0.15, 0.2) is 12.1 Å². The number of likely N-dealkylation sites (N-methyl/N-ethyl adjacent to an activating group) is 1. The Balaban J connectivity index is 0.000000362. The highest BCUT2D eigenvalue weighted by Gasteiger charge is 2.45. The van der Waals surface area contributed by atoms with Gasteiger partial charge in [0.2, 0.25) is 5.91 Å². The maximum Gasteiger partial charge on any atom is 0.490 e. The second kappa shape index (κ2) is 12.5. The number of fused-ring (bicyclic) bond motifs is 1. The Morgan fingerprint density at radius 1 is 1.03 bits per heavy atom. The summed E-state index contributed by atoms with van der Waals surface area (Å²) in [5.41, 5.74) is 0. The van der Waals surface area contributed by atoms with Crippen LogP contribution in [0.25, 0.3) is 0 Å². The Hall–Kier alpha value is -2.39. The lowest BCUT2D eigenvalue weighted by molar-refractivity contribution is -0.193. The van der Waals surface area contributed by atoms with Crippen molar-refractivity contribution in [3.05, 3.63) is 21.9 Å². The minimum atomic E-state index is -5.08. The van der Waals surface area contributed by atoms with Crippen molar-refractivity contribution in [2.24, 2.45) is 11.8 Å². The van der Waals surface area contributed by atoms with Crippen molar-refractivity contribution in [1.82, 2.24) is 14.7 Å². The molecule has 2 N–H and O–H groups in total. The number of thiophene rings is 1. The summed E-state index contributed by atoms with van der Waals surface area (Å²) in [6, 6.07) is 4.41. The summed E-state index contributed by atoms with van der Waals surface area (Å²) in [5.74, 6) is -4.35. The molecule has 0 bridgehead atoms. The number of likely N-dealkylation sites (tertiary alicyclic amines) is 2. The summed E-state index contributed by atoms with van der Waals surface area (Å²) in [6.45, 7) is 7.98. The van der Waals surface area contributed by atoms with Crippen LogP contribution in [0, 0.1) is 18.8 Å². The van der Waals surface area contributed by atoms with Gasteiger partial charge in [0.05, 0.1) is 5.92 Å². The van der Waals surface area contributed by atoms with Crippen molar-refractivity contribution in [2.45, 2.75) is 25.8 Å². The molecule has 0 unspecified atom stereocenters. The van der Waals surface area contributed by atoms with E-state index < -0.39 is 24.3 Å². The van der Waals surface area contributed by atoms with Gasteiger partial charge in [0.1, 0.15) is 0 Å². The van der Waals surface area contributed by atoms with Gasteiger partial charge in [-0.05, 0) is 33.2 Å². The Bertz CT molecular complexity index is 850. The first kappa shape index (κ1) is 30.6. The van der Waals surface area contributed by atoms with E-state index in [4.69, 9.17) is 19.8 Å². The number of hydrogen-bond donors (Lipinski definition) is 2.